The zero-order chi connectivity index (χ0) is 10.5. The normalized spacial score (nSPS) is 15.4. The minimum Gasteiger partial charge on any atom is -0.378 e. The lowest BCUT2D eigenvalue weighted by Crippen LogP contribution is -2.19. The van der Waals surface area contributed by atoms with Crippen molar-refractivity contribution in [1.29, 1.82) is 0 Å². The van der Waals surface area contributed by atoms with Gasteiger partial charge in [0.2, 0.25) is 0 Å². The number of thioether (sulfide) groups is 1. The molecule has 0 aromatic rings. The van der Waals surface area contributed by atoms with E-state index in [2.05, 4.69) is 11.6 Å². The van der Waals surface area contributed by atoms with Gasteiger partial charge in [0, 0.05) is 0 Å². The molecular formula is C6H12N2O3S2. The van der Waals surface area contributed by atoms with Crippen LogP contribution in [0.25, 0.3) is 0 Å². The Labute approximate surface area is 81.9 Å². The van der Waals surface area contributed by atoms with E-state index in [9.17, 15) is 8.42 Å². The first-order valence-corrected chi connectivity index (χ1v) is 5.80. The van der Waals surface area contributed by atoms with Gasteiger partial charge in [-0.15, -0.1) is 6.58 Å². The Bertz CT molecular complexity index is 297. The van der Waals surface area contributed by atoms with Crippen LogP contribution in [0.5, 0.6) is 0 Å². The maximum atomic E-state index is 10.5. The van der Waals surface area contributed by atoms with Gasteiger partial charge in [-0.25, -0.2) is 0 Å². The zero-order valence-electron chi connectivity index (χ0n) is 7.17. The van der Waals surface area contributed by atoms with Gasteiger partial charge in [0.1, 0.15) is 4.58 Å². The van der Waals surface area contributed by atoms with E-state index in [0.29, 0.717) is 6.54 Å². The third-order valence-corrected chi connectivity index (χ3v) is 3.64. The van der Waals surface area contributed by atoms with Crippen molar-refractivity contribution < 1.29 is 13.0 Å². The molecule has 0 amide bonds. The Hall–Kier alpha value is -0.530. The van der Waals surface area contributed by atoms with Gasteiger partial charge in [-0.05, 0) is 6.92 Å². The second-order valence-electron chi connectivity index (χ2n) is 2.17. The molecule has 0 saturated heterocycles. The molecule has 0 aromatic heterocycles. The van der Waals surface area contributed by atoms with E-state index in [-0.39, 0.29) is 5.17 Å². The summed E-state index contributed by atoms with van der Waals surface area (Å²) >= 11 is 0.788. The molecule has 0 bridgehead atoms. The third-order valence-electron chi connectivity index (χ3n) is 1.08. The molecule has 0 fully saturated rings. The monoisotopic (exact) mass is 224 g/mol. The Balaban J connectivity index is 4.21. The molecular weight excluding hydrogens is 212 g/mol. The van der Waals surface area contributed by atoms with Crippen molar-refractivity contribution in [2.75, 3.05) is 6.54 Å². The fraction of sp³-hybridized carbons (Fsp3) is 0.500. The first kappa shape index (κ1) is 12.5. The summed E-state index contributed by atoms with van der Waals surface area (Å²) in [5.74, 6) is 0. The van der Waals surface area contributed by atoms with Crippen molar-refractivity contribution in [3.63, 3.8) is 0 Å². The van der Waals surface area contributed by atoms with E-state index in [1.807, 2.05) is 0 Å². The lowest BCUT2D eigenvalue weighted by molar-refractivity contribution is 0.482. The summed E-state index contributed by atoms with van der Waals surface area (Å²) in [6.07, 6.45) is 1.53. The molecule has 5 nitrogen and oxygen atoms in total. The number of nitrogens with zero attached hydrogens (tertiary/aromatic N) is 1. The van der Waals surface area contributed by atoms with Crippen LogP contribution in [-0.2, 0) is 10.1 Å². The molecule has 0 aliphatic rings. The predicted molar refractivity (Wildman–Crippen MR) is 55.3 cm³/mol. The standard InChI is InChI=1S/C6H12N2O3S2/c1-3-4-8-6(7)12-5(2)13(9,10)11/h3,5H,1,4H2,2H3,(H2,7,8)(H,9,10,11). The molecule has 0 aliphatic heterocycles. The summed E-state index contributed by atoms with van der Waals surface area (Å²) in [6.45, 7) is 5.08. The minimum absolute atomic E-state index is 0.116. The van der Waals surface area contributed by atoms with Crippen LogP contribution >= 0.6 is 11.8 Å². The number of nitrogens with two attached hydrogens (primary N) is 1. The van der Waals surface area contributed by atoms with Gasteiger partial charge in [-0.2, -0.15) is 8.42 Å². The van der Waals surface area contributed by atoms with Gasteiger partial charge in [0.15, 0.2) is 5.17 Å². The van der Waals surface area contributed by atoms with Gasteiger partial charge in [-0.1, -0.05) is 17.8 Å². The van der Waals surface area contributed by atoms with E-state index in [1.165, 1.54) is 13.0 Å². The lowest BCUT2D eigenvalue weighted by atomic mass is 10.7. The average Bonchev–Trinajstić information content (AvgIpc) is 1.99. The van der Waals surface area contributed by atoms with Crippen LogP contribution in [0.1, 0.15) is 6.92 Å². The molecule has 0 rings (SSSR count). The molecule has 76 valence electrons. The Kier molecular flexibility index (Phi) is 5.04. The molecule has 1 unspecified atom stereocenters. The van der Waals surface area contributed by atoms with Crippen LogP contribution in [0.4, 0.5) is 0 Å². The molecule has 0 aromatic carbocycles. The van der Waals surface area contributed by atoms with Crippen molar-refractivity contribution in [1.82, 2.24) is 0 Å². The van der Waals surface area contributed by atoms with Crippen molar-refractivity contribution in [2.24, 2.45) is 10.7 Å². The number of amidine groups is 1. The molecule has 13 heavy (non-hydrogen) atoms. The Morgan fingerprint density at radius 2 is 2.38 bits per heavy atom. The molecule has 0 saturated carbocycles. The molecule has 0 radical (unpaired) electrons. The molecule has 1 atom stereocenters. The summed E-state index contributed by atoms with van der Waals surface area (Å²) in [7, 11) is -4.05. The Morgan fingerprint density at radius 1 is 1.85 bits per heavy atom. The first-order chi connectivity index (χ1) is 5.88. The predicted octanol–water partition coefficient (Wildman–Crippen LogP) is 0.454. The smallest absolute Gasteiger partial charge is 0.277 e. The average molecular weight is 224 g/mol. The molecule has 3 N–H and O–H groups in total. The van der Waals surface area contributed by atoms with Gasteiger partial charge in [-0.3, -0.25) is 9.55 Å². The number of aliphatic imine (C=N–C) groups is 1. The van der Waals surface area contributed by atoms with Gasteiger partial charge in [0.05, 0.1) is 6.54 Å². The summed E-state index contributed by atoms with van der Waals surface area (Å²) < 4.78 is 28.7. The Morgan fingerprint density at radius 3 is 2.77 bits per heavy atom. The van der Waals surface area contributed by atoms with Crippen molar-refractivity contribution in [2.45, 2.75) is 11.5 Å². The van der Waals surface area contributed by atoms with Gasteiger partial charge >= 0.3 is 0 Å². The van der Waals surface area contributed by atoms with Crippen LogP contribution in [0.3, 0.4) is 0 Å². The summed E-state index contributed by atoms with van der Waals surface area (Å²) in [6, 6.07) is 0. The quantitative estimate of drug-likeness (QED) is 0.313. The topological polar surface area (TPSA) is 92.8 Å². The van der Waals surface area contributed by atoms with E-state index in [0.717, 1.165) is 11.8 Å². The SMILES string of the molecule is C=CCN=C(N)SC(C)S(=O)(=O)O. The van der Waals surface area contributed by atoms with Crippen LogP contribution in [-0.4, -0.2) is 29.3 Å². The maximum Gasteiger partial charge on any atom is 0.277 e. The molecule has 0 heterocycles. The maximum absolute atomic E-state index is 10.5. The highest BCUT2D eigenvalue weighted by atomic mass is 32.3. The van der Waals surface area contributed by atoms with Crippen LogP contribution in [0.2, 0.25) is 0 Å². The highest BCUT2D eigenvalue weighted by molar-refractivity contribution is 8.21. The molecule has 7 heteroatoms. The van der Waals surface area contributed by atoms with E-state index in [1.54, 1.807) is 0 Å². The van der Waals surface area contributed by atoms with E-state index < -0.39 is 14.7 Å². The molecule has 0 spiro atoms. The minimum atomic E-state index is -4.05. The summed E-state index contributed by atoms with van der Waals surface area (Å²) in [4.78, 5) is 3.76. The summed E-state index contributed by atoms with van der Waals surface area (Å²) in [5.41, 5.74) is 5.35. The summed E-state index contributed by atoms with van der Waals surface area (Å²) in [5, 5.41) is 0.116. The lowest BCUT2D eigenvalue weighted by Gasteiger charge is -2.05. The fourth-order valence-electron chi connectivity index (χ4n) is 0.423. The zero-order valence-corrected chi connectivity index (χ0v) is 8.81. The van der Waals surface area contributed by atoms with Crippen molar-refractivity contribution in [3.8, 4) is 0 Å². The first-order valence-electron chi connectivity index (χ1n) is 3.41. The van der Waals surface area contributed by atoms with Crippen molar-refractivity contribution in [3.05, 3.63) is 12.7 Å². The van der Waals surface area contributed by atoms with Gasteiger partial charge in [0.25, 0.3) is 10.1 Å². The van der Waals surface area contributed by atoms with Crippen molar-refractivity contribution >= 4 is 27.0 Å². The third kappa shape index (κ3) is 5.67. The fourth-order valence-corrected chi connectivity index (χ4v) is 1.69. The van der Waals surface area contributed by atoms with Gasteiger partial charge < -0.3 is 5.73 Å². The highest BCUT2D eigenvalue weighted by Gasteiger charge is 2.18. The van der Waals surface area contributed by atoms with Crippen LogP contribution in [0.15, 0.2) is 17.6 Å². The molecule has 0 aliphatic carbocycles. The second kappa shape index (κ2) is 5.25. The van der Waals surface area contributed by atoms with Crippen LogP contribution in [0, 0.1) is 0 Å². The largest absolute Gasteiger partial charge is 0.378 e. The van der Waals surface area contributed by atoms with Crippen LogP contribution < -0.4 is 5.73 Å². The number of rotatable bonds is 4. The van der Waals surface area contributed by atoms with E-state index >= 15 is 0 Å². The highest BCUT2D eigenvalue weighted by Crippen LogP contribution is 2.14. The number of hydrogen-bond acceptors (Lipinski definition) is 4. The number of hydrogen-bond donors (Lipinski definition) is 2. The van der Waals surface area contributed by atoms with E-state index in [4.69, 9.17) is 10.3 Å². The second-order valence-corrected chi connectivity index (χ2v) is 5.56.